The predicted octanol–water partition coefficient (Wildman–Crippen LogP) is 3.22. The average molecular weight is 487 g/mol. The van der Waals surface area contributed by atoms with Crippen LogP contribution in [0.15, 0.2) is 42.7 Å². The molecule has 0 aliphatic carbocycles. The second kappa shape index (κ2) is 9.32. The number of fused-ring (bicyclic) bond motifs is 1. The van der Waals surface area contributed by atoms with E-state index in [1.807, 2.05) is 0 Å². The van der Waals surface area contributed by atoms with E-state index in [1.165, 1.54) is 12.4 Å². The summed E-state index contributed by atoms with van der Waals surface area (Å²) in [6.45, 7) is 1.73. The van der Waals surface area contributed by atoms with E-state index >= 15 is 0 Å². The number of aliphatic hydroxyl groups is 2. The second-order valence-corrected chi connectivity index (χ2v) is 8.22. The second-order valence-electron chi connectivity index (χ2n) is 7.38. The number of rotatable bonds is 6. The summed E-state index contributed by atoms with van der Waals surface area (Å²) in [6, 6.07) is 9.63. The quantitative estimate of drug-likeness (QED) is 0.328. The molecule has 0 aliphatic rings. The number of carbonyl (C=O) groups excluding carboxylic acids is 1. The summed E-state index contributed by atoms with van der Waals surface area (Å²) < 4.78 is 1.55. The normalized spacial score (nSPS) is 12.2. The summed E-state index contributed by atoms with van der Waals surface area (Å²) >= 11 is 12.6. The maximum absolute atomic E-state index is 12.6. The average Bonchev–Trinajstić information content (AvgIpc) is 3.10. The fourth-order valence-corrected chi connectivity index (χ4v) is 4.04. The van der Waals surface area contributed by atoms with Crippen LogP contribution < -0.4 is 11.1 Å². The van der Waals surface area contributed by atoms with E-state index < -0.39 is 12.0 Å². The first-order chi connectivity index (χ1) is 15.8. The number of halogens is 2. The van der Waals surface area contributed by atoms with Gasteiger partial charge in [-0.1, -0.05) is 29.3 Å². The molecule has 1 amide bonds. The summed E-state index contributed by atoms with van der Waals surface area (Å²) in [4.78, 5) is 20.9. The Morgan fingerprint density at radius 2 is 2.00 bits per heavy atom. The smallest absolute Gasteiger partial charge is 0.257 e. The fraction of sp³-hybridized carbons (Fsp3) is 0.182. The maximum atomic E-state index is 12.6. The van der Waals surface area contributed by atoms with Gasteiger partial charge in [-0.2, -0.15) is 5.10 Å². The Morgan fingerprint density at radius 3 is 2.73 bits per heavy atom. The summed E-state index contributed by atoms with van der Waals surface area (Å²) in [6.07, 6.45) is 0.264. The summed E-state index contributed by atoms with van der Waals surface area (Å²) in [7, 11) is 0. The van der Waals surface area contributed by atoms with Crippen LogP contribution in [0, 0.1) is 6.92 Å². The molecule has 0 spiro atoms. The number of carbonyl (C=O) groups is 1. The number of benzene rings is 2. The van der Waals surface area contributed by atoms with E-state index in [2.05, 4.69) is 20.4 Å². The number of amides is 1. The van der Waals surface area contributed by atoms with Crippen LogP contribution >= 0.6 is 23.2 Å². The molecule has 170 valence electrons. The van der Waals surface area contributed by atoms with Gasteiger partial charge < -0.3 is 21.3 Å². The zero-order valence-electron chi connectivity index (χ0n) is 17.5. The molecule has 1 atom stereocenters. The van der Waals surface area contributed by atoms with Crippen molar-refractivity contribution in [1.82, 2.24) is 19.7 Å². The van der Waals surface area contributed by atoms with E-state index in [-0.39, 0.29) is 12.4 Å². The number of hydrogen-bond donors (Lipinski definition) is 4. The third-order valence-corrected chi connectivity index (χ3v) is 5.56. The van der Waals surface area contributed by atoms with Gasteiger partial charge in [0.05, 0.1) is 16.4 Å². The topological polar surface area (TPSA) is 139 Å². The van der Waals surface area contributed by atoms with Crippen LogP contribution in [0.2, 0.25) is 10.0 Å². The number of anilines is 2. The third-order valence-electron chi connectivity index (χ3n) is 5.04. The first-order valence-corrected chi connectivity index (χ1v) is 10.7. The molecule has 33 heavy (non-hydrogen) atoms. The molecule has 4 rings (SSSR count). The molecule has 0 saturated carbocycles. The minimum atomic E-state index is -1.46. The van der Waals surface area contributed by atoms with Gasteiger partial charge in [0.1, 0.15) is 17.4 Å². The molecule has 4 aromatic rings. The molecule has 0 saturated heterocycles. The lowest BCUT2D eigenvalue weighted by Gasteiger charge is -2.14. The van der Waals surface area contributed by atoms with Gasteiger partial charge in [-0.05, 0) is 54.8 Å². The van der Waals surface area contributed by atoms with Crippen molar-refractivity contribution in [2.75, 3.05) is 17.7 Å². The SMILES string of the molecule is Cc1nn(-c2ccc(NC(=O)[C@H](O)c3cc(Cl)cc(CCO)c3)cc2Cl)c2c(N)ncnc12. The van der Waals surface area contributed by atoms with Crippen molar-refractivity contribution < 1.29 is 15.0 Å². The summed E-state index contributed by atoms with van der Waals surface area (Å²) in [5.74, 6) is -0.395. The number of aromatic nitrogens is 4. The number of aryl methyl sites for hydroxylation is 1. The lowest BCUT2D eigenvalue weighted by molar-refractivity contribution is -0.124. The Labute approximate surface area is 198 Å². The molecular weight excluding hydrogens is 467 g/mol. The van der Waals surface area contributed by atoms with Crippen molar-refractivity contribution in [3.8, 4) is 5.69 Å². The fourth-order valence-electron chi connectivity index (χ4n) is 3.51. The lowest BCUT2D eigenvalue weighted by atomic mass is 10.0. The Balaban J connectivity index is 1.59. The highest BCUT2D eigenvalue weighted by Gasteiger charge is 2.20. The summed E-state index contributed by atoms with van der Waals surface area (Å²) in [5, 5.41) is 27.4. The van der Waals surface area contributed by atoms with Crippen LogP contribution in [0.25, 0.3) is 16.7 Å². The molecule has 0 unspecified atom stereocenters. The highest BCUT2D eigenvalue weighted by Crippen LogP contribution is 2.30. The minimum absolute atomic E-state index is 0.0737. The van der Waals surface area contributed by atoms with Crippen molar-refractivity contribution in [2.24, 2.45) is 0 Å². The molecule has 9 nitrogen and oxygen atoms in total. The van der Waals surface area contributed by atoms with E-state index in [1.54, 1.807) is 41.9 Å². The molecule has 11 heteroatoms. The van der Waals surface area contributed by atoms with Gasteiger partial charge in [-0.15, -0.1) is 0 Å². The van der Waals surface area contributed by atoms with Crippen molar-refractivity contribution in [2.45, 2.75) is 19.4 Å². The molecule has 5 N–H and O–H groups in total. The number of nitrogens with two attached hydrogens (primary N) is 1. The molecule has 0 bridgehead atoms. The Hall–Kier alpha value is -3.24. The molecule has 2 heterocycles. The maximum Gasteiger partial charge on any atom is 0.257 e. The van der Waals surface area contributed by atoms with Crippen LogP contribution in [0.3, 0.4) is 0 Å². The van der Waals surface area contributed by atoms with Gasteiger partial charge in [0.25, 0.3) is 5.91 Å². The molecule has 0 aliphatic heterocycles. The first kappa shape index (κ1) is 22.9. The molecule has 0 fully saturated rings. The summed E-state index contributed by atoms with van der Waals surface area (Å²) in [5.41, 5.74) is 9.76. The van der Waals surface area contributed by atoms with Crippen molar-refractivity contribution in [3.05, 3.63) is 69.6 Å². The zero-order valence-corrected chi connectivity index (χ0v) is 19.0. The van der Waals surface area contributed by atoms with Crippen LogP contribution in [-0.4, -0.2) is 42.5 Å². The van der Waals surface area contributed by atoms with Crippen LogP contribution in [0.5, 0.6) is 0 Å². The van der Waals surface area contributed by atoms with Gasteiger partial charge in [0.2, 0.25) is 0 Å². The van der Waals surface area contributed by atoms with Gasteiger partial charge in [0.15, 0.2) is 11.9 Å². The Kier molecular flexibility index (Phi) is 6.48. The van der Waals surface area contributed by atoms with E-state index in [0.29, 0.717) is 55.7 Å². The van der Waals surface area contributed by atoms with Crippen LogP contribution in [0.4, 0.5) is 11.5 Å². The zero-order chi connectivity index (χ0) is 23.7. The largest absolute Gasteiger partial charge is 0.396 e. The van der Waals surface area contributed by atoms with Gasteiger partial charge in [0, 0.05) is 17.3 Å². The van der Waals surface area contributed by atoms with Crippen molar-refractivity contribution in [1.29, 1.82) is 0 Å². The van der Waals surface area contributed by atoms with Gasteiger partial charge >= 0.3 is 0 Å². The van der Waals surface area contributed by atoms with Crippen LogP contribution in [0.1, 0.15) is 22.9 Å². The van der Waals surface area contributed by atoms with E-state index in [4.69, 9.17) is 34.0 Å². The Bertz CT molecular complexity index is 1360. The number of hydrogen-bond acceptors (Lipinski definition) is 7. The Morgan fingerprint density at radius 1 is 1.21 bits per heavy atom. The highest BCUT2D eigenvalue weighted by molar-refractivity contribution is 6.33. The van der Waals surface area contributed by atoms with Gasteiger partial charge in [-0.25, -0.2) is 14.6 Å². The predicted molar refractivity (Wildman–Crippen MR) is 127 cm³/mol. The molecular formula is C22H20Cl2N6O3. The number of nitrogen functional groups attached to an aromatic ring is 1. The molecule has 0 radical (unpaired) electrons. The van der Waals surface area contributed by atoms with E-state index in [0.717, 1.165) is 0 Å². The molecule has 2 aromatic carbocycles. The lowest BCUT2D eigenvalue weighted by Crippen LogP contribution is -2.21. The standard InChI is InChI=1S/C22H20Cl2N6O3/c1-11-18-19(21(25)27-10-26-18)30(29-11)17-3-2-15(9-16(17)24)28-22(33)20(32)13-6-12(4-5-31)7-14(23)8-13/h2-3,6-10,20,31-32H,4-5H2,1H3,(H,28,33)(H2,25,26,27)/t20-/m1/s1. The highest BCUT2D eigenvalue weighted by atomic mass is 35.5. The van der Waals surface area contributed by atoms with Crippen molar-refractivity contribution >= 4 is 51.6 Å². The number of nitrogens with one attached hydrogen (secondary N) is 1. The monoisotopic (exact) mass is 486 g/mol. The van der Waals surface area contributed by atoms with Crippen molar-refractivity contribution in [3.63, 3.8) is 0 Å². The third kappa shape index (κ3) is 4.62. The van der Waals surface area contributed by atoms with Gasteiger partial charge in [-0.3, -0.25) is 4.79 Å². The minimum Gasteiger partial charge on any atom is -0.396 e. The van der Waals surface area contributed by atoms with E-state index in [9.17, 15) is 9.90 Å². The number of nitrogens with zero attached hydrogens (tertiary/aromatic N) is 4. The van der Waals surface area contributed by atoms with Crippen LogP contribution in [-0.2, 0) is 11.2 Å². The number of aliphatic hydroxyl groups excluding tert-OH is 2. The molecule has 2 aromatic heterocycles. The first-order valence-electron chi connectivity index (χ1n) is 9.93.